The van der Waals surface area contributed by atoms with E-state index in [-0.39, 0.29) is 17.9 Å². The first kappa shape index (κ1) is 19.7. The van der Waals surface area contributed by atoms with E-state index < -0.39 is 6.29 Å². The summed E-state index contributed by atoms with van der Waals surface area (Å²) in [6.07, 6.45) is 0.698. The van der Waals surface area contributed by atoms with Gasteiger partial charge in [0.15, 0.2) is 6.29 Å². The predicted molar refractivity (Wildman–Crippen MR) is 103 cm³/mol. The Labute approximate surface area is 163 Å². The highest BCUT2D eigenvalue weighted by atomic mass is 16.5. The van der Waals surface area contributed by atoms with E-state index in [2.05, 4.69) is 21.0 Å². The van der Waals surface area contributed by atoms with Crippen LogP contribution in [0.5, 0.6) is 11.5 Å². The molecule has 0 bridgehead atoms. The molecule has 0 saturated carbocycles. The van der Waals surface area contributed by atoms with Crippen LogP contribution in [0.2, 0.25) is 0 Å². The van der Waals surface area contributed by atoms with Gasteiger partial charge in [0.1, 0.15) is 17.3 Å². The number of nitrogens with one attached hydrogen (secondary N) is 3. The highest BCUT2D eigenvalue weighted by Gasteiger charge is 2.28. The lowest BCUT2D eigenvalue weighted by molar-refractivity contribution is -0.125. The molecule has 1 aliphatic heterocycles. The van der Waals surface area contributed by atoms with Crippen molar-refractivity contribution in [3.8, 4) is 11.5 Å². The number of amides is 2. The lowest BCUT2D eigenvalue weighted by Crippen LogP contribution is -2.53. The van der Waals surface area contributed by atoms with Crippen molar-refractivity contribution in [1.82, 2.24) is 20.4 Å². The summed E-state index contributed by atoms with van der Waals surface area (Å²) < 4.78 is 12.0. The van der Waals surface area contributed by atoms with Gasteiger partial charge >= 0.3 is 0 Å². The van der Waals surface area contributed by atoms with Crippen LogP contribution in [0.4, 0.5) is 5.82 Å². The second-order valence-electron chi connectivity index (χ2n) is 6.62. The van der Waals surface area contributed by atoms with Gasteiger partial charge in [-0.1, -0.05) is 6.92 Å². The highest BCUT2D eigenvalue weighted by molar-refractivity contribution is 6.04. The van der Waals surface area contributed by atoms with Crippen molar-refractivity contribution in [2.45, 2.75) is 39.0 Å². The maximum absolute atomic E-state index is 12.8. The molecular formula is C19H25N5O4. The van der Waals surface area contributed by atoms with E-state index >= 15 is 0 Å². The molecule has 9 heteroatoms. The highest BCUT2D eigenvalue weighted by Crippen LogP contribution is 2.24. The molecular weight excluding hydrogens is 362 g/mol. The van der Waals surface area contributed by atoms with Crippen molar-refractivity contribution in [3.05, 3.63) is 35.5 Å². The molecule has 1 aromatic heterocycles. The van der Waals surface area contributed by atoms with Crippen LogP contribution < -0.4 is 25.4 Å². The first-order valence-corrected chi connectivity index (χ1v) is 9.09. The Morgan fingerprint density at radius 2 is 1.93 bits per heavy atom. The first-order valence-electron chi connectivity index (χ1n) is 9.09. The Morgan fingerprint density at radius 1 is 1.25 bits per heavy atom. The summed E-state index contributed by atoms with van der Waals surface area (Å²) >= 11 is 0. The zero-order valence-corrected chi connectivity index (χ0v) is 16.4. The van der Waals surface area contributed by atoms with Crippen molar-refractivity contribution in [3.63, 3.8) is 0 Å². The van der Waals surface area contributed by atoms with Crippen LogP contribution in [0.15, 0.2) is 24.3 Å². The van der Waals surface area contributed by atoms with Crippen molar-refractivity contribution in [2.75, 3.05) is 19.5 Å². The van der Waals surface area contributed by atoms with Crippen LogP contribution >= 0.6 is 0 Å². The molecule has 2 amide bonds. The molecule has 2 aromatic rings. The molecule has 2 unspecified atom stereocenters. The number of methoxy groups -OCH3 is 2. The Kier molecular flexibility index (Phi) is 5.84. The molecule has 1 saturated heterocycles. The molecule has 3 N–H and O–H groups in total. The minimum absolute atomic E-state index is 0.0504. The Hall–Kier alpha value is -3.07. The summed E-state index contributed by atoms with van der Waals surface area (Å²) in [5.74, 6) is 1.10. The molecule has 3 rings (SSSR count). The molecule has 0 radical (unpaired) electrons. The van der Waals surface area contributed by atoms with Crippen LogP contribution in [0.25, 0.3) is 0 Å². The number of rotatable bonds is 6. The Bertz CT molecular complexity index is 857. The van der Waals surface area contributed by atoms with Gasteiger partial charge < -0.3 is 20.1 Å². The van der Waals surface area contributed by atoms with Crippen LogP contribution in [-0.2, 0) is 4.79 Å². The van der Waals surface area contributed by atoms with Crippen LogP contribution in [0, 0.1) is 6.92 Å². The normalized spacial score (nSPS) is 19.1. The number of ether oxygens (including phenoxy) is 2. The average molecular weight is 387 g/mol. The molecule has 150 valence electrons. The zero-order valence-electron chi connectivity index (χ0n) is 16.4. The van der Waals surface area contributed by atoms with E-state index in [4.69, 9.17) is 9.47 Å². The number of hydrogen-bond acceptors (Lipinski definition) is 6. The molecule has 1 aromatic carbocycles. The van der Waals surface area contributed by atoms with Crippen molar-refractivity contribution in [1.29, 1.82) is 0 Å². The summed E-state index contributed by atoms with van der Waals surface area (Å²) in [5.41, 5.74) is 1.10. The maximum atomic E-state index is 12.8. The van der Waals surface area contributed by atoms with Gasteiger partial charge in [0.05, 0.1) is 19.9 Å². The standard InChI is InChI=1S/C19H25N5O4/c1-5-13-9-17(25)22-19(20-13)24-16(6-11(2)23-24)21-18(26)12-7-14(27-3)10-15(8-12)28-4/h6-8,10,13,19-20H,5,9H2,1-4H3,(H,21,26)(H,22,25). The van der Waals surface area contributed by atoms with E-state index in [1.807, 2.05) is 13.8 Å². The van der Waals surface area contributed by atoms with E-state index in [1.165, 1.54) is 14.2 Å². The van der Waals surface area contributed by atoms with Crippen LogP contribution in [-0.4, -0.2) is 41.9 Å². The van der Waals surface area contributed by atoms with E-state index in [1.54, 1.807) is 28.9 Å². The number of carbonyl (C=O) groups excluding carboxylic acids is 2. The van der Waals surface area contributed by atoms with Crippen LogP contribution in [0.3, 0.4) is 0 Å². The smallest absolute Gasteiger partial charge is 0.257 e. The molecule has 1 aliphatic rings. The molecule has 2 heterocycles. The number of aryl methyl sites for hydroxylation is 1. The fourth-order valence-electron chi connectivity index (χ4n) is 3.09. The van der Waals surface area contributed by atoms with Gasteiger partial charge in [-0.2, -0.15) is 5.10 Å². The molecule has 0 spiro atoms. The first-order chi connectivity index (χ1) is 13.4. The average Bonchev–Trinajstić information content (AvgIpc) is 3.06. The third kappa shape index (κ3) is 4.25. The summed E-state index contributed by atoms with van der Waals surface area (Å²) in [7, 11) is 3.05. The summed E-state index contributed by atoms with van der Waals surface area (Å²) in [6, 6.07) is 6.74. The third-order valence-corrected chi connectivity index (χ3v) is 4.57. The van der Waals surface area contributed by atoms with Crippen molar-refractivity contribution >= 4 is 17.6 Å². The van der Waals surface area contributed by atoms with Gasteiger partial charge in [0.25, 0.3) is 5.91 Å². The molecule has 9 nitrogen and oxygen atoms in total. The van der Waals surface area contributed by atoms with E-state index in [0.717, 1.165) is 6.42 Å². The Balaban J connectivity index is 1.85. The lowest BCUT2D eigenvalue weighted by atomic mass is 10.1. The monoisotopic (exact) mass is 387 g/mol. The molecule has 1 fully saturated rings. The maximum Gasteiger partial charge on any atom is 0.257 e. The molecule has 28 heavy (non-hydrogen) atoms. The minimum Gasteiger partial charge on any atom is -0.497 e. The van der Waals surface area contributed by atoms with Gasteiger partial charge in [0, 0.05) is 30.2 Å². The lowest BCUT2D eigenvalue weighted by Gasteiger charge is -2.31. The zero-order chi connectivity index (χ0) is 20.3. The predicted octanol–water partition coefficient (Wildman–Crippen LogP) is 1.81. The number of anilines is 1. The van der Waals surface area contributed by atoms with Gasteiger partial charge in [-0.15, -0.1) is 0 Å². The molecule has 0 aliphatic carbocycles. The SMILES string of the molecule is CCC1CC(=O)NC(n2nc(C)cc2NC(=O)c2cc(OC)cc(OC)c2)N1. The number of nitrogens with zero attached hydrogens (tertiary/aromatic N) is 2. The number of carbonyl (C=O) groups is 2. The van der Waals surface area contributed by atoms with E-state index in [9.17, 15) is 9.59 Å². The van der Waals surface area contributed by atoms with E-state index in [0.29, 0.717) is 35.0 Å². The number of hydrogen-bond donors (Lipinski definition) is 3. The number of aromatic nitrogens is 2. The Morgan fingerprint density at radius 3 is 2.54 bits per heavy atom. The summed E-state index contributed by atoms with van der Waals surface area (Å²) in [4.78, 5) is 24.8. The van der Waals surface area contributed by atoms with Crippen molar-refractivity contribution in [2.24, 2.45) is 0 Å². The molecule has 2 atom stereocenters. The topological polar surface area (TPSA) is 107 Å². The second kappa shape index (κ2) is 8.30. The second-order valence-corrected chi connectivity index (χ2v) is 6.62. The van der Waals surface area contributed by atoms with Gasteiger partial charge in [-0.25, -0.2) is 4.68 Å². The van der Waals surface area contributed by atoms with Crippen molar-refractivity contribution < 1.29 is 19.1 Å². The minimum atomic E-state index is -0.532. The number of benzene rings is 1. The van der Waals surface area contributed by atoms with Crippen LogP contribution in [0.1, 0.15) is 42.1 Å². The van der Waals surface area contributed by atoms with Gasteiger partial charge in [-0.05, 0) is 25.5 Å². The summed E-state index contributed by atoms with van der Waals surface area (Å²) in [6.45, 7) is 3.84. The summed E-state index contributed by atoms with van der Waals surface area (Å²) in [5, 5.41) is 13.5. The fraction of sp³-hybridized carbons (Fsp3) is 0.421. The van der Waals surface area contributed by atoms with Gasteiger partial charge in [0.2, 0.25) is 5.91 Å². The quantitative estimate of drug-likeness (QED) is 0.698. The third-order valence-electron chi connectivity index (χ3n) is 4.57. The fourth-order valence-corrected chi connectivity index (χ4v) is 3.09. The van der Waals surface area contributed by atoms with Gasteiger partial charge in [-0.3, -0.25) is 14.9 Å². The largest absolute Gasteiger partial charge is 0.497 e.